The molecule has 0 aliphatic carbocycles. The average Bonchev–Trinajstić information content (AvgIpc) is 3.28. The van der Waals surface area contributed by atoms with E-state index in [1.165, 1.54) is 11.0 Å². The Morgan fingerprint density at radius 3 is 2.56 bits per heavy atom. The van der Waals surface area contributed by atoms with E-state index in [0.717, 1.165) is 16.9 Å². The van der Waals surface area contributed by atoms with E-state index in [9.17, 15) is 32.7 Å². The zero-order chi connectivity index (χ0) is 24.8. The van der Waals surface area contributed by atoms with Crippen LogP contribution in [0, 0.1) is 5.92 Å². The van der Waals surface area contributed by atoms with E-state index in [0.29, 0.717) is 31.0 Å². The van der Waals surface area contributed by atoms with E-state index in [1.807, 2.05) is 13.8 Å². The van der Waals surface area contributed by atoms with Crippen molar-refractivity contribution in [2.24, 2.45) is 5.92 Å². The Morgan fingerprint density at radius 1 is 1.32 bits per heavy atom. The molecule has 13 heteroatoms. The van der Waals surface area contributed by atoms with E-state index in [-0.39, 0.29) is 35.6 Å². The molecule has 34 heavy (non-hydrogen) atoms. The Kier molecular flexibility index (Phi) is 6.27. The number of hydrogen-bond acceptors (Lipinski definition) is 6. The van der Waals surface area contributed by atoms with Gasteiger partial charge >= 0.3 is 12.2 Å². The number of hydrogen-bond donors (Lipinski definition) is 3. The zero-order valence-electron chi connectivity index (χ0n) is 18.5. The van der Waals surface area contributed by atoms with Crippen LogP contribution in [-0.4, -0.2) is 55.7 Å². The summed E-state index contributed by atoms with van der Waals surface area (Å²) in [6.45, 7) is 4.53. The molecule has 9 nitrogen and oxygen atoms in total. The van der Waals surface area contributed by atoms with Crippen LogP contribution >= 0.6 is 11.8 Å². The number of thioether (sulfide) groups is 1. The van der Waals surface area contributed by atoms with Crippen molar-refractivity contribution in [3.8, 4) is 0 Å². The number of anilines is 1. The third-order valence-corrected chi connectivity index (χ3v) is 6.89. The summed E-state index contributed by atoms with van der Waals surface area (Å²) in [5, 5.41) is 17.1. The van der Waals surface area contributed by atoms with Gasteiger partial charge in [-0.05, 0) is 49.1 Å². The molecule has 1 aromatic carbocycles. The normalized spacial score (nSPS) is 20.8. The zero-order valence-corrected chi connectivity index (χ0v) is 19.3. The maximum Gasteiger partial charge on any atom is 0.417 e. The number of aromatic nitrogens is 2. The minimum atomic E-state index is -4.74. The fraction of sp³-hybridized carbons (Fsp3) is 0.524. The number of nitrogens with zero attached hydrogens (tertiary/aromatic N) is 3. The number of carbonyl (C=O) groups excluding carboxylic acids is 3. The fourth-order valence-corrected chi connectivity index (χ4v) is 5.24. The first-order valence-electron chi connectivity index (χ1n) is 10.7. The number of aliphatic hydroxyl groups is 1. The molecule has 3 N–H and O–H groups in total. The number of nitrogens with one attached hydrogen (secondary N) is 2. The summed E-state index contributed by atoms with van der Waals surface area (Å²) in [5.74, 6) is -0.400. The SMILES string of the molecule is CC(C)CC1(O)CCN(C(=O)Nc2cc(C(F)(F)F)c3cnn(C4SC(=O)NC4=O)c3c2)CC1. The third kappa shape index (κ3) is 4.85. The van der Waals surface area contributed by atoms with Crippen LogP contribution in [0.15, 0.2) is 18.3 Å². The van der Waals surface area contributed by atoms with Crippen molar-refractivity contribution in [2.75, 3.05) is 18.4 Å². The molecule has 0 saturated carbocycles. The second-order valence-corrected chi connectivity index (χ2v) is 10.1. The molecule has 1 unspecified atom stereocenters. The van der Waals surface area contributed by atoms with E-state index in [4.69, 9.17) is 0 Å². The monoisotopic (exact) mass is 499 g/mol. The first kappa shape index (κ1) is 24.3. The quantitative estimate of drug-likeness (QED) is 0.587. The number of alkyl halides is 3. The number of halogens is 3. The van der Waals surface area contributed by atoms with Gasteiger partial charge in [-0.3, -0.25) is 14.9 Å². The molecule has 1 atom stereocenters. The van der Waals surface area contributed by atoms with Crippen LogP contribution in [0.4, 0.5) is 28.4 Å². The second-order valence-electron chi connectivity index (χ2n) is 9.03. The Labute approximate surface area is 197 Å². The predicted molar refractivity (Wildman–Crippen MR) is 119 cm³/mol. The summed E-state index contributed by atoms with van der Waals surface area (Å²) < 4.78 is 42.4. The van der Waals surface area contributed by atoms with Crippen LogP contribution in [0.1, 0.15) is 44.0 Å². The molecule has 184 valence electrons. The van der Waals surface area contributed by atoms with Crippen molar-refractivity contribution in [1.82, 2.24) is 20.0 Å². The Morgan fingerprint density at radius 2 is 2.00 bits per heavy atom. The van der Waals surface area contributed by atoms with Crippen LogP contribution in [-0.2, 0) is 11.0 Å². The standard InChI is InChI=1S/C21H24F3N5O4S/c1-11(2)9-20(33)3-5-28(6-4-20)18(31)26-12-7-14(21(22,23)24)13-10-25-29(15(13)8-12)17-16(30)27-19(32)34-17/h7-8,10-11,17,33H,3-6,9H2,1-2H3,(H,26,31)(H,27,30,32). The molecular weight excluding hydrogens is 475 g/mol. The van der Waals surface area contributed by atoms with Crippen molar-refractivity contribution < 1.29 is 32.7 Å². The minimum Gasteiger partial charge on any atom is -0.390 e. The number of rotatable bonds is 4. The highest BCUT2D eigenvalue weighted by molar-refractivity contribution is 8.14. The third-order valence-electron chi connectivity index (χ3n) is 5.93. The fourth-order valence-electron chi connectivity index (χ4n) is 4.44. The lowest BCUT2D eigenvalue weighted by molar-refractivity contribution is -0.136. The number of carbonyl (C=O) groups is 3. The van der Waals surface area contributed by atoms with Gasteiger partial charge in [0.2, 0.25) is 0 Å². The summed E-state index contributed by atoms with van der Waals surface area (Å²) >= 11 is 0.606. The van der Waals surface area contributed by atoms with Gasteiger partial charge in [-0.1, -0.05) is 13.8 Å². The van der Waals surface area contributed by atoms with Gasteiger partial charge < -0.3 is 15.3 Å². The van der Waals surface area contributed by atoms with E-state index < -0.39 is 39.9 Å². The van der Waals surface area contributed by atoms with Gasteiger partial charge in [0, 0.05) is 24.2 Å². The number of likely N-dealkylation sites (tertiary alicyclic amines) is 1. The Hall–Kier alpha value is -2.80. The summed E-state index contributed by atoms with van der Waals surface area (Å²) in [4.78, 5) is 37.8. The summed E-state index contributed by atoms with van der Waals surface area (Å²) in [7, 11) is 0. The van der Waals surface area contributed by atoms with E-state index in [2.05, 4.69) is 15.7 Å². The summed E-state index contributed by atoms with van der Waals surface area (Å²) in [6, 6.07) is 1.53. The minimum absolute atomic E-state index is 0.0440. The Balaban J connectivity index is 1.60. The number of piperidine rings is 1. The summed E-state index contributed by atoms with van der Waals surface area (Å²) in [5.41, 5.74) is -2.05. The van der Waals surface area contributed by atoms with Crippen molar-refractivity contribution in [3.05, 3.63) is 23.9 Å². The highest BCUT2D eigenvalue weighted by Gasteiger charge is 2.39. The lowest BCUT2D eigenvalue weighted by Crippen LogP contribution is -2.48. The van der Waals surface area contributed by atoms with Gasteiger partial charge in [-0.15, -0.1) is 0 Å². The van der Waals surface area contributed by atoms with Crippen molar-refractivity contribution in [2.45, 2.75) is 50.3 Å². The molecule has 0 bridgehead atoms. The van der Waals surface area contributed by atoms with Crippen LogP contribution in [0.25, 0.3) is 10.9 Å². The first-order chi connectivity index (χ1) is 15.9. The molecule has 3 heterocycles. The topological polar surface area (TPSA) is 117 Å². The largest absolute Gasteiger partial charge is 0.417 e. The molecular formula is C21H24F3N5O4S. The maximum absolute atomic E-state index is 13.8. The molecule has 2 aromatic rings. The van der Waals surface area contributed by atoms with Gasteiger partial charge in [0.05, 0.1) is 22.9 Å². The molecule has 2 aliphatic heterocycles. The molecule has 2 aliphatic rings. The lowest BCUT2D eigenvalue weighted by atomic mass is 9.84. The molecule has 2 fully saturated rings. The van der Waals surface area contributed by atoms with Crippen LogP contribution in [0.5, 0.6) is 0 Å². The van der Waals surface area contributed by atoms with Gasteiger partial charge in [0.15, 0.2) is 5.37 Å². The van der Waals surface area contributed by atoms with Crippen LogP contribution in [0.3, 0.4) is 0 Å². The smallest absolute Gasteiger partial charge is 0.390 e. The molecule has 4 rings (SSSR count). The molecule has 0 spiro atoms. The van der Waals surface area contributed by atoms with Crippen LogP contribution in [0.2, 0.25) is 0 Å². The highest BCUT2D eigenvalue weighted by Crippen LogP contribution is 2.40. The van der Waals surface area contributed by atoms with E-state index in [1.54, 1.807) is 0 Å². The number of amides is 4. The second kappa shape index (κ2) is 8.77. The van der Waals surface area contributed by atoms with Gasteiger partial charge in [-0.25, -0.2) is 9.48 Å². The molecule has 1 aromatic heterocycles. The number of benzene rings is 1. The average molecular weight is 500 g/mol. The van der Waals surface area contributed by atoms with Crippen LogP contribution < -0.4 is 10.6 Å². The Bertz CT molecular complexity index is 1140. The predicted octanol–water partition coefficient (Wildman–Crippen LogP) is 3.94. The van der Waals surface area contributed by atoms with E-state index >= 15 is 0 Å². The first-order valence-corrected chi connectivity index (χ1v) is 11.6. The number of urea groups is 1. The van der Waals surface area contributed by atoms with Gasteiger partial charge in [0.25, 0.3) is 11.1 Å². The number of imide groups is 1. The molecule has 4 amide bonds. The molecule has 0 radical (unpaired) electrons. The lowest BCUT2D eigenvalue weighted by Gasteiger charge is -2.39. The van der Waals surface area contributed by atoms with Gasteiger partial charge in [-0.2, -0.15) is 18.3 Å². The summed E-state index contributed by atoms with van der Waals surface area (Å²) in [6.07, 6.45) is -2.40. The maximum atomic E-state index is 13.8. The van der Waals surface area contributed by atoms with Gasteiger partial charge in [0.1, 0.15) is 0 Å². The highest BCUT2D eigenvalue weighted by atomic mass is 32.2. The number of fused-ring (bicyclic) bond motifs is 1. The van der Waals surface area contributed by atoms with Crippen molar-refractivity contribution in [1.29, 1.82) is 0 Å². The molecule has 2 saturated heterocycles. The van der Waals surface area contributed by atoms with Crippen molar-refractivity contribution in [3.63, 3.8) is 0 Å². The van der Waals surface area contributed by atoms with Crippen molar-refractivity contribution >= 4 is 45.5 Å².